The maximum absolute atomic E-state index is 14.6. The Morgan fingerprint density at radius 3 is 2.67 bits per heavy atom. The van der Waals surface area contributed by atoms with Gasteiger partial charge in [-0.25, -0.2) is 4.98 Å². The lowest BCUT2D eigenvalue weighted by atomic mass is 10.1. The van der Waals surface area contributed by atoms with Gasteiger partial charge in [0.2, 0.25) is 5.95 Å². The Labute approximate surface area is 155 Å². The molecule has 0 saturated heterocycles. The molecule has 4 rings (SSSR count). The van der Waals surface area contributed by atoms with Crippen LogP contribution in [0, 0.1) is 5.95 Å². The molecule has 1 aromatic carbocycles. The number of benzene rings is 1. The number of H-pyrrole nitrogens is 1. The van der Waals surface area contributed by atoms with Crippen LogP contribution in [0.1, 0.15) is 29.1 Å². The molecule has 0 aliphatic carbocycles. The van der Waals surface area contributed by atoms with E-state index < -0.39 is 11.9 Å². The first-order valence-corrected chi connectivity index (χ1v) is 8.56. The molecule has 0 bridgehead atoms. The number of pyridine rings is 1. The van der Waals surface area contributed by atoms with Gasteiger partial charge in [0.15, 0.2) is 5.69 Å². The van der Waals surface area contributed by atoms with Crippen LogP contribution < -0.4 is 0 Å². The van der Waals surface area contributed by atoms with Gasteiger partial charge in [-0.2, -0.15) is 9.49 Å². The van der Waals surface area contributed by atoms with Gasteiger partial charge in [0, 0.05) is 18.8 Å². The van der Waals surface area contributed by atoms with Gasteiger partial charge in [-0.3, -0.25) is 14.3 Å². The van der Waals surface area contributed by atoms with Crippen LogP contribution in [-0.4, -0.2) is 37.4 Å². The lowest BCUT2D eigenvalue weighted by molar-refractivity contribution is 0.0729. The van der Waals surface area contributed by atoms with Crippen molar-refractivity contribution in [1.82, 2.24) is 24.5 Å². The number of hydrogen-bond acceptors (Lipinski definition) is 3. The van der Waals surface area contributed by atoms with Gasteiger partial charge in [-0.15, -0.1) is 0 Å². The van der Waals surface area contributed by atoms with Crippen LogP contribution in [0.15, 0.2) is 60.8 Å². The first-order valence-electron chi connectivity index (χ1n) is 8.56. The molecule has 1 amide bonds. The Morgan fingerprint density at radius 2 is 1.93 bits per heavy atom. The number of aromatic amines is 1. The normalized spacial score (nSPS) is 12.3. The van der Waals surface area contributed by atoms with Gasteiger partial charge in [0.05, 0.1) is 17.4 Å². The topological polar surface area (TPSA) is 66.3 Å². The summed E-state index contributed by atoms with van der Waals surface area (Å²) in [5, 5.41) is 7.29. The molecule has 0 spiro atoms. The summed E-state index contributed by atoms with van der Waals surface area (Å²) in [6, 6.07) is 16.4. The van der Waals surface area contributed by atoms with E-state index in [1.54, 1.807) is 31.4 Å². The highest BCUT2D eigenvalue weighted by molar-refractivity contribution is 5.93. The molecular formula is C20H18FN5O. The molecule has 0 aliphatic heterocycles. The highest BCUT2D eigenvalue weighted by Crippen LogP contribution is 2.24. The van der Waals surface area contributed by atoms with E-state index in [0.29, 0.717) is 5.65 Å². The second kappa shape index (κ2) is 6.68. The second-order valence-electron chi connectivity index (χ2n) is 6.35. The van der Waals surface area contributed by atoms with Gasteiger partial charge in [0.1, 0.15) is 5.65 Å². The fourth-order valence-corrected chi connectivity index (χ4v) is 2.96. The number of hydrogen-bond donors (Lipinski definition) is 1. The molecule has 7 heteroatoms. The first kappa shape index (κ1) is 17.0. The number of nitrogens with zero attached hydrogens (tertiary/aromatic N) is 4. The molecule has 0 fully saturated rings. The summed E-state index contributed by atoms with van der Waals surface area (Å²) in [6.07, 6.45) is 1.54. The predicted octanol–water partition coefficient (Wildman–Crippen LogP) is 3.70. The van der Waals surface area contributed by atoms with Crippen molar-refractivity contribution in [2.75, 3.05) is 7.05 Å². The van der Waals surface area contributed by atoms with Crippen LogP contribution in [0.3, 0.4) is 0 Å². The maximum Gasteiger partial charge on any atom is 0.277 e. The molecule has 6 nitrogen and oxygen atoms in total. The van der Waals surface area contributed by atoms with Gasteiger partial charge >= 0.3 is 0 Å². The van der Waals surface area contributed by atoms with Crippen molar-refractivity contribution in [3.63, 3.8) is 0 Å². The van der Waals surface area contributed by atoms with Crippen LogP contribution in [0.5, 0.6) is 0 Å². The van der Waals surface area contributed by atoms with Crippen LogP contribution in [0.2, 0.25) is 0 Å². The second-order valence-corrected chi connectivity index (χ2v) is 6.35. The van der Waals surface area contributed by atoms with Crippen LogP contribution in [0.25, 0.3) is 16.9 Å². The Hall–Kier alpha value is -3.48. The molecule has 1 atom stereocenters. The summed E-state index contributed by atoms with van der Waals surface area (Å²) in [5.41, 5.74) is 2.73. The van der Waals surface area contributed by atoms with Crippen molar-refractivity contribution < 1.29 is 9.18 Å². The Bertz CT molecular complexity index is 1100. The number of halogens is 1. The average Bonchev–Trinajstić information content (AvgIpc) is 3.33. The Kier molecular flexibility index (Phi) is 4.19. The van der Waals surface area contributed by atoms with E-state index in [-0.39, 0.29) is 11.7 Å². The standard InChI is InChI=1S/C20H18FN5O/c1-13(15-12-16(24-23-15)14-8-4-3-5-9-14)25(2)20(27)18-19(21)26-11-7-6-10-17(26)22-18/h3-13H,1-2H3,(H,23,24)/t13-/m0/s1. The number of rotatable bonds is 4. The van der Waals surface area contributed by atoms with Crippen LogP contribution >= 0.6 is 0 Å². The van der Waals surface area contributed by atoms with Crippen molar-refractivity contribution in [2.45, 2.75) is 13.0 Å². The monoisotopic (exact) mass is 363 g/mol. The molecule has 27 heavy (non-hydrogen) atoms. The largest absolute Gasteiger partial charge is 0.332 e. The molecule has 0 saturated carbocycles. The molecule has 3 heterocycles. The fourth-order valence-electron chi connectivity index (χ4n) is 2.96. The van der Waals surface area contributed by atoms with E-state index >= 15 is 0 Å². The van der Waals surface area contributed by atoms with Gasteiger partial charge < -0.3 is 4.90 Å². The minimum absolute atomic E-state index is 0.196. The Morgan fingerprint density at radius 1 is 1.19 bits per heavy atom. The van der Waals surface area contributed by atoms with Crippen molar-refractivity contribution in [3.8, 4) is 11.3 Å². The molecule has 0 aliphatic rings. The number of carbonyl (C=O) groups is 1. The summed E-state index contributed by atoms with van der Waals surface area (Å²) >= 11 is 0. The van der Waals surface area contributed by atoms with E-state index in [9.17, 15) is 9.18 Å². The zero-order valence-corrected chi connectivity index (χ0v) is 14.9. The van der Waals surface area contributed by atoms with E-state index in [0.717, 1.165) is 17.0 Å². The zero-order chi connectivity index (χ0) is 19.0. The summed E-state index contributed by atoms with van der Waals surface area (Å²) < 4.78 is 15.8. The van der Waals surface area contributed by atoms with Crippen molar-refractivity contribution in [2.24, 2.45) is 0 Å². The Balaban J connectivity index is 1.60. The smallest absolute Gasteiger partial charge is 0.277 e. The molecule has 3 aromatic heterocycles. The number of amides is 1. The van der Waals surface area contributed by atoms with E-state index in [4.69, 9.17) is 0 Å². The molecule has 0 radical (unpaired) electrons. The minimum Gasteiger partial charge on any atom is -0.332 e. The van der Waals surface area contributed by atoms with Gasteiger partial charge in [0.25, 0.3) is 5.91 Å². The fraction of sp³-hybridized carbons (Fsp3) is 0.150. The molecule has 4 aromatic rings. The van der Waals surface area contributed by atoms with Crippen molar-refractivity contribution >= 4 is 11.6 Å². The lowest BCUT2D eigenvalue weighted by Gasteiger charge is -2.22. The van der Waals surface area contributed by atoms with Crippen LogP contribution in [-0.2, 0) is 0 Å². The molecule has 0 unspecified atom stereocenters. The summed E-state index contributed by atoms with van der Waals surface area (Å²) in [5.74, 6) is -1.15. The van der Waals surface area contributed by atoms with Crippen molar-refractivity contribution in [3.05, 3.63) is 78.1 Å². The SMILES string of the molecule is C[C@@H](c1cc(-c2ccccc2)n[nH]1)N(C)C(=O)c1nc2ccccn2c1F. The van der Waals surface area contributed by atoms with E-state index in [2.05, 4.69) is 15.2 Å². The summed E-state index contributed by atoms with van der Waals surface area (Å²) in [7, 11) is 1.62. The van der Waals surface area contributed by atoms with E-state index in [1.807, 2.05) is 43.3 Å². The summed E-state index contributed by atoms with van der Waals surface area (Å²) in [6.45, 7) is 1.86. The van der Waals surface area contributed by atoms with E-state index in [1.165, 1.54) is 9.30 Å². The molecular weight excluding hydrogens is 345 g/mol. The highest BCUT2D eigenvalue weighted by Gasteiger charge is 2.26. The van der Waals surface area contributed by atoms with Crippen molar-refractivity contribution in [1.29, 1.82) is 0 Å². The first-order chi connectivity index (χ1) is 13.1. The number of nitrogens with one attached hydrogen (secondary N) is 1. The third kappa shape index (κ3) is 2.97. The maximum atomic E-state index is 14.6. The zero-order valence-electron chi connectivity index (χ0n) is 14.9. The quantitative estimate of drug-likeness (QED) is 0.601. The number of fused-ring (bicyclic) bond motifs is 1. The number of aromatic nitrogens is 4. The number of imidazole rings is 1. The average molecular weight is 363 g/mol. The highest BCUT2D eigenvalue weighted by atomic mass is 19.1. The van der Waals surface area contributed by atoms with Gasteiger partial charge in [-0.1, -0.05) is 36.4 Å². The lowest BCUT2D eigenvalue weighted by Crippen LogP contribution is -2.30. The molecule has 1 N–H and O–H groups in total. The predicted molar refractivity (Wildman–Crippen MR) is 99.7 cm³/mol. The van der Waals surface area contributed by atoms with Crippen LogP contribution in [0.4, 0.5) is 4.39 Å². The molecule has 136 valence electrons. The van der Waals surface area contributed by atoms with Gasteiger partial charge in [-0.05, 0) is 25.1 Å². The number of carbonyl (C=O) groups excluding carboxylic acids is 1. The third-order valence-corrected chi connectivity index (χ3v) is 4.69. The summed E-state index contributed by atoms with van der Waals surface area (Å²) in [4.78, 5) is 18.4. The minimum atomic E-state index is -0.663. The third-order valence-electron chi connectivity index (χ3n) is 4.69.